The lowest BCUT2D eigenvalue weighted by molar-refractivity contribution is 0.416. The molecule has 2 aromatic rings. The summed E-state index contributed by atoms with van der Waals surface area (Å²) in [5.74, 6) is 0.798. The number of hydrogen-bond acceptors (Lipinski definition) is 3. The predicted octanol–water partition coefficient (Wildman–Crippen LogP) is 3.18. The molecule has 0 aromatic heterocycles. The van der Waals surface area contributed by atoms with E-state index in [9.17, 15) is 0 Å². The number of nitriles is 1. The van der Waals surface area contributed by atoms with Gasteiger partial charge in [-0.05, 0) is 23.8 Å². The Kier molecular flexibility index (Phi) is 3.83. The van der Waals surface area contributed by atoms with Crippen molar-refractivity contribution in [2.75, 3.05) is 12.4 Å². The van der Waals surface area contributed by atoms with E-state index in [0.29, 0.717) is 12.1 Å². The molecule has 2 rings (SSSR count). The van der Waals surface area contributed by atoms with E-state index in [1.807, 2.05) is 48.5 Å². The summed E-state index contributed by atoms with van der Waals surface area (Å²) in [6, 6.07) is 17.5. The van der Waals surface area contributed by atoms with Gasteiger partial charge in [0.05, 0.1) is 24.4 Å². The first-order valence-electron chi connectivity index (χ1n) is 5.70. The fourth-order valence-corrected chi connectivity index (χ4v) is 1.76. The van der Waals surface area contributed by atoms with Gasteiger partial charge in [-0.2, -0.15) is 5.26 Å². The Morgan fingerprint density at radius 2 is 1.83 bits per heavy atom. The van der Waals surface area contributed by atoms with Crippen LogP contribution in [0.5, 0.6) is 5.75 Å². The second-order valence-electron chi connectivity index (χ2n) is 3.82. The summed E-state index contributed by atoms with van der Waals surface area (Å²) >= 11 is 0. The van der Waals surface area contributed by atoms with Gasteiger partial charge in [0.2, 0.25) is 0 Å². The van der Waals surface area contributed by atoms with Crippen LogP contribution in [0.2, 0.25) is 0 Å². The third kappa shape index (κ3) is 2.61. The Morgan fingerprint density at radius 3 is 2.61 bits per heavy atom. The minimum Gasteiger partial charge on any atom is -0.495 e. The largest absolute Gasteiger partial charge is 0.495 e. The highest BCUT2D eigenvalue weighted by Crippen LogP contribution is 2.23. The first-order chi connectivity index (χ1) is 8.85. The molecule has 90 valence electrons. The van der Waals surface area contributed by atoms with Crippen molar-refractivity contribution in [2.45, 2.75) is 6.54 Å². The average Bonchev–Trinajstić information content (AvgIpc) is 2.45. The molecule has 1 N–H and O–H groups in total. The zero-order chi connectivity index (χ0) is 12.8. The quantitative estimate of drug-likeness (QED) is 0.889. The minimum absolute atomic E-state index is 0.601. The molecule has 0 radical (unpaired) electrons. The fourth-order valence-electron chi connectivity index (χ4n) is 1.76. The van der Waals surface area contributed by atoms with Gasteiger partial charge in [0.1, 0.15) is 5.75 Å². The third-order valence-corrected chi connectivity index (χ3v) is 2.71. The van der Waals surface area contributed by atoms with Crippen LogP contribution in [0.1, 0.15) is 11.1 Å². The molecule has 0 aliphatic heterocycles. The van der Waals surface area contributed by atoms with Gasteiger partial charge in [-0.15, -0.1) is 0 Å². The lowest BCUT2D eigenvalue weighted by atomic mass is 10.1. The molecule has 0 saturated heterocycles. The van der Waals surface area contributed by atoms with Crippen LogP contribution in [-0.4, -0.2) is 7.11 Å². The molecular formula is C15H14N2O. The van der Waals surface area contributed by atoms with Crippen LogP contribution >= 0.6 is 0 Å². The van der Waals surface area contributed by atoms with Crippen LogP contribution in [0.4, 0.5) is 5.69 Å². The van der Waals surface area contributed by atoms with Crippen molar-refractivity contribution in [2.24, 2.45) is 0 Å². The van der Waals surface area contributed by atoms with Crippen molar-refractivity contribution in [1.82, 2.24) is 0 Å². The summed E-state index contributed by atoms with van der Waals surface area (Å²) in [6.45, 7) is 0.601. The van der Waals surface area contributed by atoms with E-state index in [1.54, 1.807) is 7.11 Å². The Hall–Kier alpha value is -2.47. The lowest BCUT2D eigenvalue weighted by Crippen LogP contribution is -2.02. The molecule has 0 fully saturated rings. The van der Waals surface area contributed by atoms with E-state index >= 15 is 0 Å². The van der Waals surface area contributed by atoms with Crippen LogP contribution in [0, 0.1) is 11.3 Å². The van der Waals surface area contributed by atoms with E-state index in [1.165, 1.54) is 0 Å². The second-order valence-corrected chi connectivity index (χ2v) is 3.82. The van der Waals surface area contributed by atoms with Gasteiger partial charge in [-0.1, -0.05) is 30.3 Å². The first kappa shape index (κ1) is 12.0. The average molecular weight is 238 g/mol. The van der Waals surface area contributed by atoms with Gasteiger partial charge in [-0.25, -0.2) is 0 Å². The maximum Gasteiger partial charge on any atom is 0.141 e. The molecule has 0 spiro atoms. The maximum absolute atomic E-state index is 9.01. The molecule has 18 heavy (non-hydrogen) atoms. The van der Waals surface area contributed by atoms with Gasteiger partial charge < -0.3 is 10.1 Å². The summed E-state index contributed by atoms with van der Waals surface area (Å²) in [7, 11) is 1.64. The highest BCUT2D eigenvalue weighted by Gasteiger charge is 2.03. The smallest absolute Gasteiger partial charge is 0.141 e. The highest BCUT2D eigenvalue weighted by molar-refractivity contribution is 5.56. The normalized spacial score (nSPS) is 9.56. The summed E-state index contributed by atoms with van der Waals surface area (Å²) in [5, 5.41) is 12.3. The Labute approximate surface area is 107 Å². The SMILES string of the molecule is COc1ccccc1NCc1ccccc1C#N. The van der Waals surface area contributed by atoms with E-state index < -0.39 is 0 Å². The van der Waals surface area contributed by atoms with Crippen LogP contribution < -0.4 is 10.1 Å². The Morgan fingerprint density at radius 1 is 1.11 bits per heavy atom. The Balaban J connectivity index is 2.14. The van der Waals surface area contributed by atoms with Gasteiger partial charge in [0.15, 0.2) is 0 Å². The van der Waals surface area contributed by atoms with Crippen molar-refractivity contribution >= 4 is 5.69 Å². The molecule has 3 heteroatoms. The molecule has 0 saturated carbocycles. The van der Waals surface area contributed by atoms with Crippen molar-refractivity contribution in [3.63, 3.8) is 0 Å². The summed E-state index contributed by atoms with van der Waals surface area (Å²) < 4.78 is 5.26. The number of nitrogens with one attached hydrogen (secondary N) is 1. The number of rotatable bonds is 4. The van der Waals surface area contributed by atoms with Crippen molar-refractivity contribution in [3.8, 4) is 11.8 Å². The van der Waals surface area contributed by atoms with Gasteiger partial charge >= 0.3 is 0 Å². The number of para-hydroxylation sites is 2. The number of nitrogens with zero attached hydrogens (tertiary/aromatic N) is 1. The predicted molar refractivity (Wildman–Crippen MR) is 71.5 cm³/mol. The summed E-state index contributed by atoms with van der Waals surface area (Å²) in [5.41, 5.74) is 2.60. The van der Waals surface area contributed by atoms with Gasteiger partial charge in [0, 0.05) is 6.54 Å². The van der Waals surface area contributed by atoms with E-state index in [4.69, 9.17) is 10.00 Å². The molecule has 0 bridgehead atoms. The monoisotopic (exact) mass is 238 g/mol. The lowest BCUT2D eigenvalue weighted by Gasteiger charge is -2.11. The zero-order valence-corrected chi connectivity index (χ0v) is 10.2. The van der Waals surface area contributed by atoms with Crippen molar-refractivity contribution < 1.29 is 4.74 Å². The van der Waals surface area contributed by atoms with Gasteiger partial charge in [-0.3, -0.25) is 0 Å². The second kappa shape index (κ2) is 5.74. The molecule has 0 unspecified atom stereocenters. The molecule has 0 aliphatic carbocycles. The third-order valence-electron chi connectivity index (χ3n) is 2.71. The molecule has 0 heterocycles. The minimum atomic E-state index is 0.601. The van der Waals surface area contributed by atoms with Crippen LogP contribution in [0.3, 0.4) is 0 Å². The van der Waals surface area contributed by atoms with E-state index in [0.717, 1.165) is 17.0 Å². The van der Waals surface area contributed by atoms with E-state index in [2.05, 4.69) is 11.4 Å². The summed E-state index contributed by atoms with van der Waals surface area (Å²) in [4.78, 5) is 0. The van der Waals surface area contributed by atoms with Crippen LogP contribution in [0.25, 0.3) is 0 Å². The molecule has 0 atom stereocenters. The molecule has 0 amide bonds. The molecule has 0 aliphatic rings. The summed E-state index contributed by atoms with van der Waals surface area (Å²) in [6.07, 6.45) is 0. The number of hydrogen-bond donors (Lipinski definition) is 1. The molecule has 2 aromatic carbocycles. The number of benzene rings is 2. The van der Waals surface area contributed by atoms with E-state index in [-0.39, 0.29) is 0 Å². The first-order valence-corrected chi connectivity index (χ1v) is 5.70. The standard InChI is InChI=1S/C15H14N2O/c1-18-15-9-5-4-8-14(15)17-11-13-7-3-2-6-12(13)10-16/h2-9,17H,11H2,1H3. The highest BCUT2D eigenvalue weighted by atomic mass is 16.5. The fraction of sp³-hybridized carbons (Fsp3) is 0.133. The van der Waals surface area contributed by atoms with Crippen LogP contribution in [-0.2, 0) is 6.54 Å². The van der Waals surface area contributed by atoms with Gasteiger partial charge in [0.25, 0.3) is 0 Å². The van der Waals surface area contributed by atoms with Crippen LogP contribution in [0.15, 0.2) is 48.5 Å². The number of anilines is 1. The molecule has 3 nitrogen and oxygen atoms in total. The maximum atomic E-state index is 9.01. The molecular weight excluding hydrogens is 224 g/mol. The van der Waals surface area contributed by atoms with Crippen molar-refractivity contribution in [3.05, 3.63) is 59.7 Å². The number of ether oxygens (including phenoxy) is 1. The zero-order valence-electron chi connectivity index (χ0n) is 10.2. The number of methoxy groups -OCH3 is 1. The Bertz CT molecular complexity index is 573. The van der Waals surface area contributed by atoms with Crippen molar-refractivity contribution in [1.29, 1.82) is 5.26 Å². The topological polar surface area (TPSA) is 45.0 Å².